The van der Waals surface area contributed by atoms with Crippen molar-refractivity contribution in [2.75, 3.05) is 19.6 Å². The summed E-state index contributed by atoms with van der Waals surface area (Å²) < 4.78 is 0. The van der Waals surface area contributed by atoms with E-state index in [9.17, 15) is 9.90 Å². The minimum Gasteiger partial charge on any atom is -0.389 e. The van der Waals surface area contributed by atoms with Crippen LogP contribution in [0.5, 0.6) is 0 Å². The Morgan fingerprint density at radius 1 is 1.39 bits per heavy atom. The summed E-state index contributed by atoms with van der Waals surface area (Å²) in [6.07, 6.45) is 1.46. The standard InChI is InChI=1S/C14H30N2O2/c1-6-16(10-14(4,5)18)13(17)8-12(9-15)7-11(2)3/h11-12,18H,6-10,15H2,1-5H3. The molecule has 18 heavy (non-hydrogen) atoms. The van der Waals surface area contributed by atoms with E-state index in [0.29, 0.717) is 32.0 Å². The lowest BCUT2D eigenvalue weighted by atomic mass is 9.93. The zero-order chi connectivity index (χ0) is 14.3. The van der Waals surface area contributed by atoms with E-state index in [1.54, 1.807) is 18.7 Å². The van der Waals surface area contributed by atoms with Crippen molar-refractivity contribution in [1.29, 1.82) is 0 Å². The van der Waals surface area contributed by atoms with Gasteiger partial charge in [0, 0.05) is 19.5 Å². The summed E-state index contributed by atoms with van der Waals surface area (Å²) in [6, 6.07) is 0. The second-order valence-electron chi connectivity index (χ2n) is 6.16. The van der Waals surface area contributed by atoms with Gasteiger partial charge in [-0.1, -0.05) is 13.8 Å². The molecule has 1 unspecified atom stereocenters. The molecule has 1 atom stereocenters. The van der Waals surface area contributed by atoms with Crippen LogP contribution in [0.15, 0.2) is 0 Å². The fraction of sp³-hybridized carbons (Fsp3) is 0.929. The van der Waals surface area contributed by atoms with Crippen LogP contribution >= 0.6 is 0 Å². The highest BCUT2D eigenvalue weighted by molar-refractivity contribution is 5.76. The van der Waals surface area contributed by atoms with Gasteiger partial charge in [0.2, 0.25) is 5.91 Å². The fourth-order valence-electron chi connectivity index (χ4n) is 2.15. The minimum absolute atomic E-state index is 0.0933. The summed E-state index contributed by atoms with van der Waals surface area (Å²) in [6.45, 7) is 11.2. The minimum atomic E-state index is -0.845. The molecule has 0 aromatic carbocycles. The number of hydrogen-bond donors (Lipinski definition) is 2. The Hall–Kier alpha value is -0.610. The van der Waals surface area contributed by atoms with Crippen LogP contribution in [0.2, 0.25) is 0 Å². The Labute approximate surface area is 112 Å². The van der Waals surface area contributed by atoms with Crippen molar-refractivity contribution in [2.45, 2.75) is 53.1 Å². The van der Waals surface area contributed by atoms with E-state index in [1.165, 1.54) is 0 Å². The van der Waals surface area contributed by atoms with Gasteiger partial charge in [0.1, 0.15) is 0 Å². The number of amides is 1. The van der Waals surface area contributed by atoms with Crippen molar-refractivity contribution in [1.82, 2.24) is 4.90 Å². The van der Waals surface area contributed by atoms with Gasteiger partial charge in [-0.2, -0.15) is 0 Å². The molecule has 0 aromatic heterocycles. The topological polar surface area (TPSA) is 66.6 Å². The number of rotatable bonds is 8. The SMILES string of the molecule is CCN(CC(C)(C)O)C(=O)CC(CN)CC(C)C. The number of nitrogens with zero attached hydrogens (tertiary/aromatic N) is 1. The Kier molecular flexibility index (Phi) is 7.48. The van der Waals surface area contributed by atoms with Crippen LogP contribution in [0.1, 0.15) is 47.5 Å². The molecule has 0 aromatic rings. The van der Waals surface area contributed by atoms with Crippen LogP contribution in [0.25, 0.3) is 0 Å². The normalized spacial score (nSPS) is 13.8. The van der Waals surface area contributed by atoms with Crippen LogP contribution < -0.4 is 5.73 Å². The largest absolute Gasteiger partial charge is 0.389 e. The van der Waals surface area contributed by atoms with Crippen molar-refractivity contribution >= 4 is 5.91 Å². The lowest BCUT2D eigenvalue weighted by Crippen LogP contribution is -2.43. The molecule has 0 spiro atoms. The number of hydrogen-bond acceptors (Lipinski definition) is 3. The molecular formula is C14H30N2O2. The van der Waals surface area contributed by atoms with Crippen LogP contribution in [0.3, 0.4) is 0 Å². The van der Waals surface area contributed by atoms with Gasteiger partial charge in [0.15, 0.2) is 0 Å². The van der Waals surface area contributed by atoms with Gasteiger partial charge >= 0.3 is 0 Å². The molecular weight excluding hydrogens is 228 g/mol. The highest BCUT2D eigenvalue weighted by atomic mass is 16.3. The van der Waals surface area contributed by atoms with Crippen LogP contribution in [-0.2, 0) is 4.79 Å². The third-order valence-corrected chi connectivity index (χ3v) is 2.91. The molecule has 0 aliphatic rings. The second kappa shape index (κ2) is 7.74. The summed E-state index contributed by atoms with van der Waals surface area (Å²) in [5.74, 6) is 0.889. The van der Waals surface area contributed by atoms with Crippen molar-refractivity contribution in [3.05, 3.63) is 0 Å². The molecule has 108 valence electrons. The fourth-order valence-corrected chi connectivity index (χ4v) is 2.15. The number of nitrogens with two attached hydrogens (primary N) is 1. The van der Waals surface area contributed by atoms with Crippen molar-refractivity contribution < 1.29 is 9.90 Å². The molecule has 0 fully saturated rings. The quantitative estimate of drug-likeness (QED) is 0.695. The van der Waals surface area contributed by atoms with Crippen molar-refractivity contribution in [3.63, 3.8) is 0 Å². The van der Waals surface area contributed by atoms with E-state index in [1.807, 2.05) is 6.92 Å². The van der Waals surface area contributed by atoms with Crippen molar-refractivity contribution in [3.8, 4) is 0 Å². The van der Waals surface area contributed by atoms with E-state index in [-0.39, 0.29) is 11.8 Å². The molecule has 0 rings (SSSR count). The molecule has 0 heterocycles. The molecule has 0 aliphatic heterocycles. The average molecular weight is 258 g/mol. The predicted molar refractivity (Wildman–Crippen MR) is 75.2 cm³/mol. The van der Waals surface area contributed by atoms with E-state index in [0.717, 1.165) is 6.42 Å². The number of carbonyl (C=O) groups excluding carboxylic acids is 1. The highest BCUT2D eigenvalue weighted by Gasteiger charge is 2.23. The van der Waals surface area contributed by atoms with Crippen LogP contribution in [0, 0.1) is 11.8 Å². The van der Waals surface area contributed by atoms with Gasteiger partial charge in [-0.3, -0.25) is 4.79 Å². The maximum Gasteiger partial charge on any atom is 0.222 e. The molecule has 0 radical (unpaired) electrons. The van der Waals surface area contributed by atoms with Gasteiger partial charge in [-0.25, -0.2) is 0 Å². The summed E-state index contributed by atoms with van der Waals surface area (Å²) >= 11 is 0. The molecule has 0 bridgehead atoms. The Morgan fingerprint density at radius 3 is 2.28 bits per heavy atom. The zero-order valence-electron chi connectivity index (χ0n) is 12.6. The third-order valence-electron chi connectivity index (χ3n) is 2.91. The first-order valence-corrected chi connectivity index (χ1v) is 6.89. The molecule has 0 aliphatic carbocycles. The number of aliphatic hydroxyl groups is 1. The van der Waals surface area contributed by atoms with E-state index >= 15 is 0 Å². The summed E-state index contributed by atoms with van der Waals surface area (Å²) in [7, 11) is 0. The number of likely N-dealkylation sites (N-methyl/N-ethyl adjacent to an activating group) is 1. The summed E-state index contributed by atoms with van der Waals surface area (Å²) in [5.41, 5.74) is 4.87. The van der Waals surface area contributed by atoms with Crippen LogP contribution in [-0.4, -0.2) is 41.1 Å². The Bertz CT molecular complexity index is 247. The smallest absolute Gasteiger partial charge is 0.222 e. The van der Waals surface area contributed by atoms with Crippen LogP contribution in [0.4, 0.5) is 0 Å². The van der Waals surface area contributed by atoms with E-state index in [4.69, 9.17) is 5.73 Å². The second-order valence-corrected chi connectivity index (χ2v) is 6.16. The molecule has 1 amide bonds. The van der Waals surface area contributed by atoms with Gasteiger partial charge < -0.3 is 15.7 Å². The maximum absolute atomic E-state index is 12.2. The van der Waals surface area contributed by atoms with Gasteiger partial charge in [0.25, 0.3) is 0 Å². The molecule has 0 saturated carbocycles. The Balaban J connectivity index is 4.41. The number of carbonyl (C=O) groups is 1. The van der Waals surface area contributed by atoms with E-state index < -0.39 is 5.60 Å². The first-order chi connectivity index (χ1) is 8.19. The van der Waals surface area contributed by atoms with Gasteiger partial charge in [-0.05, 0) is 45.6 Å². The maximum atomic E-state index is 12.2. The zero-order valence-corrected chi connectivity index (χ0v) is 12.6. The van der Waals surface area contributed by atoms with Gasteiger partial charge in [0.05, 0.1) is 5.60 Å². The highest BCUT2D eigenvalue weighted by Crippen LogP contribution is 2.16. The Morgan fingerprint density at radius 2 is 1.94 bits per heavy atom. The average Bonchev–Trinajstić information content (AvgIpc) is 2.22. The predicted octanol–water partition coefficient (Wildman–Crippen LogP) is 1.62. The first-order valence-electron chi connectivity index (χ1n) is 6.89. The lowest BCUT2D eigenvalue weighted by molar-refractivity contribution is -0.135. The summed E-state index contributed by atoms with van der Waals surface area (Å²) in [4.78, 5) is 13.9. The molecule has 0 saturated heterocycles. The summed E-state index contributed by atoms with van der Waals surface area (Å²) in [5, 5.41) is 9.79. The van der Waals surface area contributed by atoms with E-state index in [2.05, 4.69) is 13.8 Å². The third kappa shape index (κ3) is 7.67. The monoisotopic (exact) mass is 258 g/mol. The van der Waals surface area contributed by atoms with Gasteiger partial charge in [-0.15, -0.1) is 0 Å². The molecule has 4 nitrogen and oxygen atoms in total. The lowest BCUT2D eigenvalue weighted by Gasteiger charge is -2.29. The molecule has 4 heteroatoms. The first kappa shape index (κ1) is 17.4. The molecule has 3 N–H and O–H groups in total. The van der Waals surface area contributed by atoms with Crippen molar-refractivity contribution in [2.24, 2.45) is 17.6 Å².